The lowest BCUT2D eigenvalue weighted by Gasteiger charge is -2.38. The first-order valence-corrected chi connectivity index (χ1v) is 8.06. The van der Waals surface area contributed by atoms with Gasteiger partial charge in [-0.05, 0) is 63.2 Å². The van der Waals surface area contributed by atoms with Crippen LogP contribution in [0.2, 0.25) is 0 Å². The molecule has 1 unspecified atom stereocenters. The Labute approximate surface area is 136 Å². The third-order valence-corrected chi connectivity index (χ3v) is 4.90. The second kappa shape index (κ2) is 6.25. The lowest BCUT2D eigenvalue weighted by Crippen LogP contribution is -2.42. The minimum absolute atomic E-state index is 0.174. The van der Waals surface area contributed by atoms with Crippen molar-refractivity contribution in [1.29, 1.82) is 0 Å². The zero-order valence-corrected chi connectivity index (χ0v) is 13.7. The van der Waals surface area contributed by atoms with E-state index >= 15 is 0 Å². The van der Waals surface area contributed by atoms with Gasteiger partial charge in [0, 0.05) is 5.56 Å². The Kier molecular flexibility index (Phi) is 4.31. The van der Waals surface area contributed by atoms with Gasteiger partial charge in [-0.1, -0.05) is 36.4 Å². The average Bonchev–Trinajstić information content (AvgIpc) is 2.56. The first-order valence-electron chi connectivity index (χ1n) is 8.06. The van der Waals surface area contributed by atoms with Crippen LogP contribution in [0.5, 0.6) is 0 Å². The summed E-state index contributed by atoms with van der Waals surface area (Å²) in [5.74, 6) is -0.0898. The molecule has 23 heavy (non-hydrogen) atoms. The van der Waals surface area contributed by atoms with Crippen LogP contribution >= 0.6 is 0 Å². The number of halogens is 1. The van der Waals surface area contributed by atoms with E-state index in [4.69, 9.17) is 0 Å². The highest BCUT2D eigenvalue weighted by molar-refractivity contribution is 6.06. The monoisotopic (exact) mass is 311 g/mol. The van der Waals surface area contributed by atoms with Crippen molar-refractivity contribution in [3.05, 3.63) is 71.0 Å². The molecular formula is C20H22FNO. The fraction of sp³-hybridized carbons (Fsp3) is 0.350. The molecule has 1 aliphatic rings. The highest BCUT2D eigenvalue weighted by atomic mass is 19.1. The van der Waals surface area contributed by atoms with Crippen LogP contribution in [0.1, 0.15) is 34.3 Å². The van der Waals surface area contributed by atoms with E-state index in [1.54, 1.807) is 12.1 Å². The van der Waals surface area contributed by atoms with Crippen LogP contribution in [0.25, 0.3) is 0 Å². The third kappa shape index (κ3) is 2.93. The molecule has 0 heterocycles. The Morgan fingerprint density at radius 1 is 1.09 bits per heavy atom. The smallest absolute Gasteiger partial charge is 0.173 e. The molecular weight excluding hydrogens is 289 g/mol. The van der Waals surface area contributed by atoms with Crippen molar-refractivity contribution >= 4 is 5.78 Å². The van der Waals surface area contributed by atoms with Crippen LogP contribution in [0.4, 0.5) is 4.39 Å². The van der Waals surface area contributed by atoms with Gasteiger partial charge in [-0.2, -0.15) is 0 Å². The van der Waals surface area contributed by atoms with Crippen LogP contribution in [-0.4, -0.2) is 31.3 Å². The molecule has 0 saturated heterocycles. The highest BCUT2D eigenvalue weighted by Gasteiger charge is 2.43. The van der Waals surface area contributed by atoms with Crippen molar-refractivity contribution in [3.8, 4) is 0 Å². The SMILES string of the molecule is CN(C)CCC1(c2ccc(F)cc2)CCc2ccccc2C1=O. The lowest BCUT2D eigenvalue weighted by atomic mass is 9.64. The maximum absolute atomic E-state index is 13.3. The topological polar surface area (TPSA) is 20.3 Å². The second-order valence-corrected chi connectivity index (χ2v) is 6.63. The normalized spacial score (nSPS) is 20.6. The van der Waals surface area contributed by atoms with Gasteiger partial charge in [0.2, 0.25) is 0 Å². The molecule has 2 nitrogen and oxygen atoms in total. The third-order valence-electron chi connectivity index (χ3n) is 4.90. The number of Topliss-reactive ketones (excluding diaryl/α,β-unsaturated/α-hetero) is 1. The predicted molar refractivity (Wildman–Crippen MR) is 90.3 cm³/mol. The van der Waals surface area contributed by atoms with E-state index in [0.29, 0.717) is 0 Å². The zero-order chi connectivity index (χ0) is 16.4. The standard InChI is InChI=1S/C20H22FNO/c1-22(2)14-13-20(16-7-9-17(21)10-8-16)12-11-15-5-3-4-6-18(15)19(20)23/h3-10H,11-14H2,1-2H3. The molecule has 2 aromatic carbocycles. The first-order chi connectivity index (χ1) is 11.0. The summed E-state index contributed by atoms with van der Waals surface area (Å²) in [5.41, 5.74) is 2.33. The molecule has 0 N–H and O–H groups in total. The van der Waals surface area contributed by atoms with Gasteiger partial charge in [-0.25, -0.2) is 4.39 Å². The number of hydrogen-bond donors (Lipinski definition) is 0. The van der Waals surface area contributed by atoms with Crippen LogP contribution in [0, 0.1) is 5.82 Å². The lowest BCUT2D eigenvalue weighted by molar-refractivity contribution is 0.0840. The molecule has 0 aromatic heterocycles. The summed E-state index contributed by atoms with van der Waals surface area (Å²) in [6.45, 7) is 0.825. The molecule has 0 fully saturated rings. The molecule has 1 atom stereocenters. The Morgan fingerprint density at radius 2 is 1.78 bits per heavy atom. The Morgan fingerprint density at radius 3 is 2.48 bits per heavy atom. The summed E-state index contributed by atoms with van der Waals surface area (Å²) >= 11 is 0. The zero-order valence-electron chi connectivity index (χ0n) is 13.7. The largest absolute Gasteiger partial charge is 0.309 e. The fourth-order valence-corrected chi connectivity index (χ4v) is 3.52. The summed E-state index contributed by atoms with van der Waals surface area (Å²) in [4.78, 5) is 15.4. The maximum atomic E-state index is 13.3. The Bertz CT molecular complexity index is 708. The van der Waals surface area contributed by atoms with Crippen molar-refractivity contribution in [2.24, 2.45) is 0 Å². The van der Waals surface area contributed by atoms with E-state index in [-0.39, 0.29) is 11.6 Å². The molecule has 0 aliphatic heterocycles. The van der Waals surface area contributed by atoms with E-state index in [0.717, 1.165) is 42.5 Å². The molecule has 0 amide bonds. The van der Waals surface area contributed by atoms with Gasteiger partial charge >= 0.3 is 0 Å². The van der Waals surface area contributed by atoms with Crippen LogP contribution in [0.3, 0.4) is 0 Å². The summed E-state index contributed by atoms with van der Waals surface area (Å²) in [6.07, 6.45) is 2.41. The number of hydrogen-bond acceptors (Lipinski definition) is 2. The van der Waals surface area contributed by atoms with Gasteiger partial charge in [0.15, 0.2) is 5.78 Å². The molecule has 0 radical (unpaired) electrons. The number of aryl methyl sites for hydroxylation is 1. The van der Waals surface area contributed by atoms with Crippen LogP contribution in [-0.2, 0) is 11.8 Å². The van der Waals surface area contributed by atoms with Crippen LogP contribution in [0.15, 0.2) is 48.5 Å². The number of fused-ring (bicyclic) bond motifs is 1. The number of benzene rings is 2. The number of carbonyl (C=O) groups excluding carboxylic acids is 1. The van der Waals surface area contributed by atoms with E-state index in [1.165, 1.54) is 12.1 Å². The molecule has 0 spiro atoms. The molecule has 0 saturated carbocycles. The number of carbonyl (C=O) groups is 1. The minimum atomic E-state index is -0.549. The van der Waals surface area contributed by atoms with Crippen LogP contribution < -0.4 is 0 Å². The van der Waals surface area contributed by atoms with E-state index in [1.807, 2.05) is 38.4 Å². The highest BCUT2D eigenvalue weighted by Crippen LogP contribution is 2.41. The van der Waals surface area contributed by atoms with Gasteiger partial charge in [-0.3, -0.25) is 4.79 Å². The molecule has 0 bridgehead atoms. The van der Waals surface area contributed by atoms with Gasteiger partial charge in [0.25, 0.3) is 0 Å². The van der Waals surface area contributed by atoms with E-state index in [2.05, 4.69) is 4.90 Å². The number of ketones is 1. The first kappa shape index (κ1) is 15.9. The maximum Gasteiger partial charge on any atom is 0.173 e. The predicted octanol–water partition coefficient (Wildman–Crippen LogP) is 3.84. The molecule has 120 valence electrons. The quantitative estimate of drug-likeness (QED) is 0.855. The molecule has 1 aliphatic carbocycles. The van der Waals surface area contributed by atoms with Gasteiger partial charge in [-0.15, -0.1) is 0 Å². The van der Waals surface area contributed by atoms with Crippen molar-refractivity contribution in [2.45, 2.75) is 24.7 Å². The van der Waals surface area contributed by atoms with Gasteiger partial charge in [0.05, 0.1) is 5.41 Å². The average molecular weight is 311 g/mol. The number of rotatable bonds is 4. The molecule has 3 heteroatoms. The fourth-order valence-electron chi connectivity index (χ4n) is 3.52. The Balaban J connectivity index is 2.06. The van der Waals surface area contributed by atoms with Crippen molar-refractivity contribution < 1.29 is 9.18 Å². The summed E-state index contributed by atoms with van der Waals surface area (Å²) < 4.78 is 13.3. The van der Waals surface area contributed by atoms with Crippen molar-refractivity contribution in [1.82, 2.24) is 4.90 Å². The minimum Gasteiger partial charge on any atom is -0.309 e. The van der Waals surface area contributed by atoms with E-state index < -0.39 is 5.41 Å². The second-order valence-electron chi connectivity index (χ2n) is 6.63. The summed E-state index contributed by atoms with van der Waals surface area (Å²) in [5, 5.41) is 0. The molecule has 2 aromatic rings. The summed E-state index contributed by atoms with van der Waals surface area (Å²) in [7, 11) is 4.03. The van der Waals surface area contributed by atoms with Gasteiger partial charge in [0.1, 0.15) is 5.82 Å². The van der Waals surface area contributed by atoms with Crippen molar-refractivity contribution in [2.75, 3.05) is 20.6 Å². The van der Waals surface area contributed by atoms with E-state index in [9.17, 15) is 9.18 Å². The van der Waals surface area contributed by atoms with Gasteiger partial charge < -0.3 is 4.90 Å². The van der Waals surface area contributed by atoms with Crippen molar-refractivity contribution in [3.63, 3.8) is 0 Å². The number of nitrogens with zero attached hydrogens (tertiary/aromatic N) is 1. The Hall–Kier alpha value is -2.00. The molecule has 3 rings (SSSR count). The summed E-state index contributed by atoms with van der Waals surface area (Å²) in [6, 6.07) is 14.3.